The third-order valence-electron chi connectivity index (χ3n) is 2.43. The molecule has 1 atom stereocenters. The fourth-order valence-electron chi connectivity index (χ4n) is 1.35. The van der Waals surface area contributed by atoms with Crippen LogP contribution in [0.2, 0.25) is 0 Å². The van der Waals surface area contributed by atoms with Crippen LogP contribution in [0.3, 0.4) is 0 Å². The van der Waals surface area contributed by atoms with Crippen LogP contribution in [0.1, 0.15) is 39.2 Å². The minimum atomic E-state index is -0.125. The molecule has 1 aromatic carbocycles. The maximum Gasteiger partial charge on any atom is 0.154 e. The predicted molar refractivity (Wildman–Crippen MR) is 87.8 cm³/mol. The Morgan fingerprint density at radius 1 is 1.00 bits per heavy atom. The van der Waals surface area contributed by atoms with Crippen molar-refractivity contribution >= 4 is 6.29 Å². The summed E-state index contributed by atoms with van der Waals surface area (Å²) in [6.45, 7) is 8.89. The molecule has 1 rings (SSSR count). The topological polar surface area (TPSA) is 76.0 Å². The molecule has 0 saturated heterocycles. The van der Waals surface area contributed by atoms with Crippen LogP contribution in [0.25, 0.3) is 0 Å². The zero-order valence-corrected chi connectivity index (χ0v) is 14.1. The summed E-state index contributed by atoms with van der Waals surface area (Å²) in [6, 6.07) is 9.74. The van der Waals surface area contributed by atoms with Gasteiger partial charge >= 0.3 is 0 Å². The van der Waals surface area contributed by atoms with Crippen molar-refractivity contribution in [2.45, 2.75) is 39.9 Å². The molecule has 0 saturated carbocycles. The molecule has 0 aliphatic heterocycles. The van der Waals surface area contributed by atoms with Crippen LogP contribution in [0.15, 0.2) is 30.3 Å². The first-order valence-corrected chi connectivity index (χ1v) is 7.52. The van der Waals surface area contributed by atoms with E-state index in [0.717, 1.165) is 25.1 Å². The molecule has 0 fully saturated rings. The molecule has 22 heavy (non-hydrogen) atoms. The number of carbonyl (C=O) groups is 1. The van der Waals surface area contributed by atoms with Crippen LogP contribution in [0, 0.1) is 0 Å². The maximum atomic E-state index is 10.3. The molecule has 0 aromatic heterocycles. The minimum absolute atomic E-state index is 0.0289. The molecule has 0 spiro atoms. The first kappa shape index (κ1) is 23.0. The van der Waals surface area contributed by atoms with Crippen LogP contribution < -0.4 is 0 Å². The highest BCUT2D eigenvalue weighted by atomic mass is 16.7. The number of rotatable bonds is 7. The molecular formula is C17H30O5. The zero-order valence-electron chi connectivity index (χ0n) is 14.1. The highest BCUT2D eigenvalue weighted by Gasteiger charge is 1.99. The van der Waals surface area contributed by atoms with Crippen LogP contribution in [0.5, 0.6) is 0 Å². The van der Waals surface area contributed by atoms with Crippen molar-refractivity contribution in [1.29, 1.82) is 0 Å². The van der Waals surface area contributed by atoms with Gasteiger partial charge in [0.2, 0.25) is 0 Å². The Balaban J connectivity index is 0. The third-order valence-corrected chi connectivity index (χ3v) is 2.43. The summed E-state index contributed by atoms with van der Waals surface area (Å²) in [7, 11) is 0. The number of benzene rings is 1. The summed E-state index contributed by atoms with van der Waals surface area (Å²) in [5.74, 6) is 0.0289. The normalized spacial score (nSPS) is 10.9. The standard InChI is InChI=1S/C9H10O.C6H14O2.C2H6O2/c1-8(7-10)9-5-3-2-4-6-9;1-4-7-6(3)8-5-2;3-1-2-4/h2-8H,1H3;6H,4-5H2,1-3H3;3-4H,1-2H2. The first-order valence-electron chi connectivity index (χ1n) is 7.52. The lowest BCUT2D eigenvalue weighted by atomic mass is 10.0. The van der Waals surface area contributed by atoms with Gasteiger partial charge in [0.15, 0.2) is 6.29 Å². The molecule has 128 valence electrons. The van der Waals surface area contributed by atoms with Crippen molar-refractivity contribution in [2.24, 2.45) is 0 Å². The lowest BCUT2D eigenvalue weighted by Crippen LogP contribution is -2.11. The van der Waals surface area contributed by atoms with Gasteiger partial charge in [0.25, 0.3) is 0 Å². The Morgan fingerprint density at radius 2 is 1.45 bits per heavy atom. The van der Waals surface area contributed by atoms with Crippen LogP contribution >= 0.6 is 0 Å². The summed E-state index contributed by atoms with van der Waals surface area (Å²) >= 11 is 0. The van der Waals surface area contributed by atoms with E-state index in [9.17, 15) is 4.79 Å². The first-order chi connectivity index (χ1) is 10.6. The second-order valence-electron chi connectivity index (χ2n) is 4.26. The number of aldehydes is 1. The van der Waals surface area contributed by atoms with Gasteiger partial charge in [0.05, 0.1) is 13.2 Å². The van der Waals surface area contributed by atoms with E-state index in [-0.39, 0.29) is 25.4 Å². The molecule has 5 nitrogen and oxygen atoms in total. The summed E-state index contributed by atoms with van der Waals surface area (Å²) in [6.07, 6.45) is 0.917. The number of aliphatic hydroxyl groups excluding tert-OH is 2. The Labute approximate surface area is 133 Å². The molecular weight excluding hydrogens is 284 g/mol. The highest BCUT2D eigenvalue weighted by molar-refractivity contribution is 5.61. The van der Waals surface area contributed by atoms with Crippen molar-refractivity contribution in [2.75, 3.05) is 26.4 Å². The van der Waals surface area contributed by atoms with Crippen molar-refractivity contribution in [3.05, 3.63) is 35.9 Å². The summed E-state index contributed by atoms with van der Waals surface area (Å²) in [4.78, 5) is 10.3. The van der Waals surface area contributed by atoms with Crippen molar-refractivity contribution in [3.63, 3.8) is 0 Å². The van der Waals surface area contributed by atoms with Crippen molar-refractivity contribution in [3.8, 4) is 0 Å². The summed E-state index contributed by atoms with van der Waals surface area (Å²) in [5.41, 5.74) is 1.08. The average molecular weight is 314 g/mol. The average Bonchev–Trinajstić information content (AvgIpc) is 2.56. The van der Waals surface area contributed by atoms with Crippen molar-refractivity contribution < 1.29 is 24.5 Å². The molecule has 0 bridgehead atoms. The monoisotopic (exact) mass is 314 g/mol. The molecule has 1 unspecified atom stereocenters. The van der Waals surface area contributed by atoms with E-state index in [1.165, 1.54) is 0 Å². The van der Waals surface area contributed by atoms with E-state index in [1.54, 1.807) is 0 Å². The maximum absolute atomic E-state index is 10.3. The molecule has 0 aliphatic carbocycles. The van der Waals surface area contributed by atoms with Gasteiger partial charge in [0.1, 0.15) is 6.29 Å². The third kappa shape index (κ3) is 15.1. The van der Waals surface area contributed by atoms with E-state index in [1.807, 2.05) is 58.0 Å². The second kappa shape index (κ2) is 17.8. The Bertz CT molecular complexity index is 321. The lowest BCUT2D eigenvalue weighted by molar-refractivity contribution is -0.123. The van der Waals surface area contributed by atoms with Gasteiger partial charge in [0, 0.05) is 19.1 Å². The second-order valence-corrected chi connectivity index (χ2v) is 4.26. The molecule has 1 aromatic rings. The quantitative estimate of drug-likeness (QED) is 0.597. The molecule has 0 radical (unpaired) electrons. The Kier molecular flexibility index (Phi) is 18.6. The minimum Gasteiger partial charge on any atom is -0.394 e. The molecule has 2 N–H and O–H groups in total. The van der Waals surface area contributed by atoms with Crippen LogP contribution in [-0.4, -0.2) is 49.2 Å². The Morgan fingerprint density at radius 3 is 1.77 bits per heavy atom. The molecule has 0 aliphatic rings. The lowest BCUT2D eigenvalue weighted by Gasteiger charge is -2.09. The Hall–Kier alpha value is -1.27. The number of hydrogen-bond acceptors (Lipinski definition) is 5. The fraction of sp³-hybridized carbons (Fsp3) is 0.588. The van der Waals surface area contributed by atoms with E-state index in [0.29, 0.717) is 0 Å². The van der Waals surface area contributed by atoms with Gasteiger partial charge in [-0.05, 0) is 26.3 Å². The van der Waals surface area contributed by atoms with E-state index >= 15 is 0 Å². The number of hydrogen-bond donors (Lipinski definition) is 2. The largest absolute Gasteiger partial charge is 0.394 e. The van der Waals surface area contributed by atoms with Gasteiger partial charge < -0.3 is 24.5 Å². The van der Waals surface area contributed by atoms with Crippen LogP contribution in [-0.2, 0) is 14.3 Å². The molecule has 0 amide bonds. The predicted octanol–water partition coefficient (Wildman–Crippen LogP) is 2.37. The van der Waals surface area contributed by atoms with Gasteiger partial charge in [-0.15, -0.1) is 0 Å². The van der Waals surface area contributed by atoms with Gasteiger partial charge in [-0.3, -0.25) is 0 Å². The zero-order chi connectivity index (χ0) is 17.2. The smallest absolute Gasteiger partial charge is 0.154 e. The number of aliphatic hydroxyl groups is 2. The highest BCUT2D eigenvalue weighted by Crippen LogP contribution is 2.10. The molecule has 0 heterocycles. The summed E-state index contributed by atoms with van der Waals surface area (Å²) in [5, 5.41) is 15.2. The van der Waals surface area contributed by atoms with E-state index < -0.39 is 0 Å². The fourth-order valence-corrected chi connectivity index (χ4v) is 1.35. The van der Waals surface area contributed by atoms with E-state index in [2.05, 4.69) is 0 Å². The number of carbonyl (C=O) groups excluding carboxylic acids is 1. The molecule has 5 heteroatoms. The van der Waals surface area contributed by atoms with Gasteiger partial charge in [-0.25, -0.2) is 0 Å². The summed E-state index contributed by atoms with van der Waals surface area (Å²) < 4.78 is 10.1. The SMILES string of the molecule is CC(C=O)c1ccccc1.CCOC(C)OCC.OCCO. The van der Waals surface area contributed by atoms with Gasteiger partial charge in [-0.1, -0.05) is 37.3 Å². The number of ether oxygens (including phenoxy) is 2. The van der Waals surface area contributed by atoms with Crippen molar-refractivity contribution in [1.82, 2.24) is 0 Å². The van der Waals surface area contributed by atoms with Crippen LogP contribution in [0.4, 0.5) is 0 Å². The van der Waals surface area contributed by atoms with E-state index in [4.69, 9.17) is 19.7 Å². The van der Waals surface area contributed by atoms with Gasteiger partial charge in [-0.2, -0.15) is 0 Å².